The molecule has 0 heterocycles. The summed E-state index contributed by atoms with van der Waals surface area (Å²) in [4.78, 5) is 0. The molecule has 16 heavy (non-hydrogen) atoms. The van der Waals surface area contributed by atoms with Crippen molar-refractivity contribution < 1.29 is 8.78 Å². The number of halogens is 3. The van der Waals surface area contributed by atoms with Gasteiger partial charge in [0.25, 0.3) is 0 Å². The van der Waals surface area contributed by atoms with Crippen LogP contribution in [0.2, 0.25) is 0 Å². The van der Waals surface area contributed by atoms with Gasteiger partial charge in [-0.2, -0.15) is 5.26 Å². The Balaban J connectivity index is 3.48. The molecule has 0 atom stereocenters. The van der Waals surface area contributed by atoms with Crippen LogP contribution >= 0.6 is 15.9 Å². The van der Waals surface area contributed by atoms with E-state index < -0.39 is 17.0 Å². The first-order chi connectivity index (χ1) is 7.50. The molecule has 0 aromatic heterocycles. The van der Waals surface area contributed by atoms with Gasteiger partial charge < -0.3 is 0 Å². The Morgan fingerprint density at radius 2 is 1.69 bits per heavy atom. The van der Waals surface area contributed by atoms with Crippen LogP contribution in [0.4, 0.5) is 8.78 Å². The molecule has 0 bridgehead atoms. The molecule has 0 saturated heterocycles. The molecule has 0 aliphatic heterocycles. The second kappa shape index (κ2) is 4.92. The predicted octanol–water partition coefficient (Wildman–Crippen LogP) is 4.31. The van der Waals surface area contributed by atoms with Gasteiger partial charge in [-0.3, -0.25) is 0 Å². The molecule has 86 valence electrons. The Morgan fingerprint density at radius 1 is 1.25 bits per heavy atom. The summed E-state index contributed by atoms with van der Waals surface area (Å²) in [6.07, 6.45) is 0.769. The summed E-state index contributed by atoms with van der Waals surface area (Å²) < 4.78 is 27.8. The van der Waals surface area contributed by atoms with Crippen molar-refractivity contribution in [3.63, 3.8) is 0 Å². The van der Waals surface area contributed by atoms with Gasteiger partial charge in [0.15, 0.2) is 0 Å². The summed E-state index contributed by atoms with van der Waals surface area (Å²) >= 11 is 3.02. The third-order valence-corrected chi connectivity index (χ3v) is 3.36. The number of nitrogens with zero attached hydrogens (tertiary/aromatic N) is 1. The van der Waals surface area contributed by atoms with Gasteiger partial charge in [-0.1, -0.05) is 29.8 Å². The zero-order valence-electron chi connectivity index (χ0n) is 9.15. The van der Waals surface area contributed by atoms with E-state index in [1.807, 2.05) is 6.07 Å². The van der Waals surface area contributed by atoms with E-state index in [1.165, 1.54) is 12.1 Å². The lowest BCUT2D eigenvalue weighted by atomic mass is 9.77. The van der Waals surface area contributed by atoms with E-state index in [0.29, 0.717) is 17.3 Å². The zero-order chi connectivity index (χ0) is 12.3. The van der Waals surface area contributed by atoms with E-state index in [2.05, 4.69) is 15.9 Å². The summed E-state index contributed by atoms with van der Waals surface area (Å²) in [5.74, 6) is -1.34. The Kier molecular flexibility index (Phi) is 4.03. The Hall–Kier alpha value is -0.950. The van der Waals surface area contributed by atoms with Crippen molar-refractivity contribution in [1.29, 1.82) is 5.26 Å². The second-order valence-corrected chi connectivity index (χ2v) is 4.56. The molecule has 1 rings (SSSR count). The maximum Gasteiger partial charge on any atom is 0.132 e. The fourth-order valence-corrected chi connectivity index (χ4v) is 2.22. The molecule has 0 unspecified atom stereocenters. The quantitative estimate of drug-likeness (QED) is 0.813. The normalized spacial score (nSPS) is 11.2. The maximum atomic E-state index is 13.7. The van der Waals surface area contributed by atoms with Crippen molar-refractivity contribution in [2.24, 2.45) is 0 Å². The van der Waals surface area contributed by atoms with Crippen LogP contribution in [0.1, 0.15) is 32.3 Å². The van der Waals surface area contributed by atoms with Gasteiger partial charge in [0.05, 0.1) is 11.5 Å². The highest BCUT2D eigenvalue weighted by Crippen LogP contribution is 2.35. The van der Waals surface area contributed by atoms with Crippen molar-refractivity contribution in [2.75, 3.05) is 0 Å². The van der Waals surface area contributed by atoms with Gasteiger partial charge in [-0.15, -0.1) is 0 Å². The number of benzene rings is 1. The fraction of sp³-hybridized carbons (Fsp3) is 0.417. The van der Waals surface area contributed by atoms with Crippen LogP contribution in [-0.2, 0) is 5.41 Å². The maximum absolute atomic E-state index is 13.7. The minimum absolute atomic E-state index is 0.122. The van der Waals surface area contributed by atoms with Crippen LogP contribution in [0.25, 0.3) is 0 Å². The van der Waals surface area contributed by atoms with Gasteiger partial charge in [0.2, 0.25) is 0 Å². The SMILES string of the molecule is CCC(C#N)(CC)c1c(F)cc(Br)cc1F. The van der Waals surface area contributed by atoms with Crippen LogP contribution in [-0.4, -0.2) is 0 Å². The van der Waals surface area contributed by atoms with Crippen LogP contribution in [0, 0.1) is 23.0 Å². The summed E-state index contributed by atoms with van der Waals surface area (Å²) in [6, 6.07) is 4.42. The lowest BCUT2D eigenvalue weighted by Crippen LogP contribution is -2.25. The summed E-state index contributed by atoms with van der Waals surface area (Å²) in [6.45, 7) is 3.52. The highest BCUT2D eigenvalue weighted by Gasteiger charge is 2.34. The summed E-state index contributed by atoms with van der Waals surface area (Å²) in [5, 5.41) is 9.15. The molecule has 0 N–H and O–H groups in total. The molecule has 0 fully saturated rings. The van der Waals surface area contributed by atoms with Crippen molar-refractivity contribution in [3.8, 4) is 6.07 Å². The molecule has 1 aromatic carbocycles. The first kappa shape index (κ1) is 13.1. The monoisotopic (exact) mass is 287 g/mol. The van der Waals surface area contributed by atoms with Crippen molar-refractivity contribution in [1.82, 2.24) is 0 Å². The summed E-state index contributed by atoms with van der Waals surface area (Å²) in [5.41, 5.74) is -1.20. The van der Waals surface area contributed by atoms with Crippen molar-refractivity contribution >= 4 is 15.9 Å². The summed E-state index contributed by atoms with van der Waals surface area (Å²) in [7, 11) is 0. The van der Waals surface area contributed by atoms with Gasteiger partial charge in [0, 0.05) is 10.0 Å². The van der Waals surface area contributed by atoms with E-state index in [9.17, 15) is 8.78 Å². The Bertz CT molecular complexity index is 410. The smallest absolute Gasteiger partial charge is 0.132 e. The molecule has 1 aromatic rings. The number of rotatable bonds is 3. The Morgan fingerprint density at radius 3 is 2.00 bits per heavy atom. The molecule has 4 heteroatoms. The predicted molar refractivity (Wildman–Crippen MR) is 61.9 cm³/mol. The molecule has 1 nitrogen and oxygen atoms in total. The second-order valence-electron chi connectivity index (χ2n) is 3.65. The highest BCUT2D eigenvalue weighted by molar-refractivity contribution is 9.10. The van der Waals surface area contributed by atoms with E-state index in [4.69, 9.17) is 5.26 Å². The molecule has 0 aliphatic carbocycles. The van der Waals surface area contributed by atoms with Crippen molar-refractivity contribution in [2.45, 2.75) is 32.1 Å². The first-order valence-electron chi connectivity index (χ1n) is 5.07. The largest absolute Gasteiger partial charge is 0.206 e. The van der Waals surface area contributed by atoms with E-state index in [1.54, 1.807) is 13.8 Å². The number of hydrogen-bond donors (Lipinski definition) is 0. The van der Waals surface area contributed by atoms with E-state index >= 15 is 0 Å². The molecular weight excluding hydrogens is 276 g/mol. The minimum Gasteiger partial charge on any atom is -0.206 e. The topological polar surface area (TPSA) is 23.8 Å². The molecule has 0 amide bonds. The molecule has 0 saturated carbocycles. The number of nitriles is 1. The minimum atomic E-state index is -1.07. The number of hydrogen-bond acceptors (Lipinski definition) is 1. The standard InChI is InChI=1S/C12H12BrF2N/c1-3-12(4-2,7-16)11-9(14)5-8(13)6-10(11)15/h5-6H,3-4H2,1-2H3. The van der Waals surface area contributed by atoms with Crippen molar-refractivity contribution in [3.05, 3.63) is 33.8 Å². The van der Waals surface area contributed by atoms with Gasteiger partial charge >= 0.3 is 0 Å². The lowest BCUT2D eigenvalue weighted by molar-refractivity contribution is 0.440. The molecule has 0 spiro atoms. The lowest BCUT2D eigenvalue weighted by Gasteiger charge is -2.25. The van der Waals surface area contributed by atoms with Crippen LogP contribution < -0.4 is 0 Å². The molecule has 0 aliphatic rings. The molecule has 0 radical (unpaired) electrons. The average Bonchev–Trinajstić information content (AvgIpc) is 2.23. The van der Waals surface area contributed by atoms with Gasteiger partial charge in [-0.25, -0.2) is 8.78 Å². The van der Waals surface area contributed by atoms with E-state index in [-0.39, 0.29) is 5.56 Å². The third kappa shape index (κ3) is 2.10. The van der Waals surface area contributed by atoms with Crippen LogP contribution in [0.3, 0.4) is 0 Å². The van der Waals surface area contributed by atoms with E-state index in [0.717, 1.165) is 0 Å². The van der Waals surface area contributed by atoms with Crippen LogP contribution in [0.15, 0.2) is 16.6 Å². The third-order valence-electron chi connectivity index (χ3n) is 2.91. The zero-order valence-corrected chi connectivity index (χ0v) is 10.7. The van der Waals surface area contributed by atoms with Gasteiger partial charge in [-0.05, 0) is 25.0 Å². The highest BCUT2D eigenvalue weighted by atomic mass is 79.9. The fourth-order valence-electron chi connectivity index (χ4n) is 1.82. The Labute approximate surface area is 102 Å². The molecular formula is C12H12BrF2N. The first-order valence-corrected chi connectivity index (χ1v) is 5.86. The van der Waals surface area contributed by atoms with Crippen LogP contribution in [0.5, 0.6) is 0 Å². The average molecular weight is 288 g/mol. The van der Waals surface area contributed by atoms with Gasteiger partial charge in [0.1, 0.15) is 11.6 Å².